The summed E-state index contributed by atoms with van der Waals surface area (Å²) in [5.74, 6) is 0. The minimum atomic E-state index is -0.350. The van der Waals surface area contributed by atoms with Gasteiger partial charge in [0, 0.05) is 13.7 Å². The molecule has 0 aliphatic carbocycles. The first-order valence-electron chi connectivity index (χ1n) is 5.06. The van der Waals surface area contributed by atoms with Crippen LogP contribution in [-0.4, -0.2) is 50.0 Å². The highest BCUT2D eigenvalue weighted by Gasteiger charge is 2.06. The largest absolute Gasteiger partial charge is 0.389 e. The summed E-state index contributed by atoms with van der Waals surface area (Å²) in [5, 5.41) is 9.41. The molecule has 0 saturated heterocycles. The Bertz CT molecular complexity index is 109. The number of methoxy groups -OCH3 is 1. The molecule has 0 rings (SSSR count). The van der Waals surface area contributed by atoms with E-state index in [1.807, 2.05) is 7.05 Å². The Balaban J connectivity index is 3.32. The third-order valence-electron chi connectivity index (χ3n) is 2.02. The number of nitrogens with zero attached hydrogens (tertiary/aromatic N) is 1. The lowest BCUT2D eigenvalue weighted by molar-refractivity contribution is 0.0430. The van der Waals surface area contributed by atoms with Crippen molar-refractivity contribution in [1.29, 1.82) is 0 Å². The van der Waals surface area contributed by atoms with Crippen LogP contribution in [-0.2, 0) is 4.74 Å². The van der Waals surface area contributed by atoms with Crippen LogP contribution in [0, 0.1) is 0 Å². The zero-order valence-electron chi connectivity index (χ0n) is 9.12. The van der Waals surface area contributed by atoms with E-state index in [9.17, 15) is 5.11 Å². The first-order valence-corrected chi connectivity index (χ1v) is 5.06. The molecule has 0 fully saturated rings. The first-order chi connectivity index (χ1) is 6.20. The fourth-order valence-corrected chi connectivity index (χ4v) is 1.33. The molecule has 1 N–H and O–H groups in total. The van der Waals surface area contributed by atoms with Crippen LogP contribution in [0.5, 0.6) is 0 Å². The number of ether oxygens (including phenoxy) is 1. The average molecular weight is 189 g/mol. The quantitative estimate of drug-likeness (QED) is 0.581. The Morgan fingerprint density at radius 2 is 2.08 bits per heavy atom. The van der Waals surface area contributed by atoms with Gasteiger partial charge < -0.3 is 14.7 Å². The minimum Gasteiger partial charge on any atom is -0.389 e. The Hall–Kier alpha value is -0.120. The van der Waals surface area contributed by atoms with Crippen molar-refractivity contribution in [2.24, 2.45) is 0 Å². The lowest BCUT2D eigenvalue weighted by atomic mass is 10.2. The number of likely N-dealkylation sites (N-methyl/N-ethyl adjacent to an activating group) is 1. The van der Waals surface area contributed by atoms with Gasteiger partial charge in [-0.2, -0.15) is 0 Å². The zero-order valence-corrected chi connectivity index (χ0v) is 9.12. The van der Waals surface area contributed by atoms with Gasteiger partial charge in [0.05, 0.1) is 12.7 Å². The van der Waals surface area contributed by atoms with E-state index in [1.165, 1.54) is 19.3 Å². The molecule has 80 valence electrons. The van der Waals surface area contributed by atoms with Crippen LogP contribution in [0.15, 0.2) is 0 Å². The maximum absolute atomic E-state index is 9.41. The van der Waals surface area contributed by atoms with Gasteiger partial charge in [-0.15, -0.1) is 0 Å². The highest BCUT2D eigenvalue weighted by Crippen LogP contribution is 1.97. The SMILES string of the molecule is CCCCCN(C)CC(O)COC. The summed E-state index contributed by atoms with van der Waals surface area (Å²) in [4.78, 5) is 2.15. The van der Waals surface area contributed by atoms with Crippen LogP contribution in [0.2, 0.25) is 0 Å². The van der Waals surface area contributed by atoms with E-state index in [1.54, 1.807) is 7.11 Å². The standard InChI is InChI=1S/C10H23NO2/c1-4-5-6-7-11(2)8-10(12)9-13-3/h10,12H,4-9H2,1-3H3. The number of hydrogen-bond donors (Lipinski definition) is 1. The van der Waals surface area contributed by atoms with E-state index in [4.69, 9.17) is 4.74 Å². The first kappa shape index (κ1) is 12.9. The smallest absolute Gasteiger partial charge is 0.0899 e. The fraction of sp³-hybridized carbons (Fsp3) is 1.00. The molecule has 13 heavy (non-hydrogen) atoms. The summed E-state index contributed by atoms with van der Waals surface area (Å²) in [5.41, 5.74) is 0. The second kappa shape index (κ2) is 8.48. The van der Waals surface area contributed by atoms with Gasteiger partial charge in [0.15, 0.2) is 0 Å². The van der Waals surface area contributed by atoms with Crippen LogP contribution in [0.4, 0.5) is 0 Å². The predicted molar refractivity (Wildman–Crippen MR) is 54.9 cm³/mol. The highest BCUT2D eigenvalue weighted by molar-refractivity contribution is 4.60. The molecule has 0 aromatic rings. The van der Waals surface area contributed by atoms with Gasteiger partial charge in [-0.3, -0.25) is 0 Å². The van der Waals surface area contributed by atoms with Crippen molar-refractivity contribution in [3.63, 3.8) is 0 Å². The summed E-state index contributed by atoms with van der Waals surface area (Å²) in [7, 11) is 3.65. The van der Waals surface area contributed by atoms with Gasteiger partial charge in [0.2, 0.25) is 0 Å². The van der Waals surface area contributed by atoms with Crippen molar-refractivity contribution in [2.45, 2.75) is 32.3 Å². The van der Waals surface area contributed by atoms with Crippen LogP contribution < -0.4 is 0 Å². The molecule has 0 aliphatic heterocycles. The second-order valence-corrected chi connectivity index (χ2v) is 3.58. The van der Waals surface area contributed by atoms with Crippen LogP contribution in [0.25, 0.3) is 0 Å². The topological polar surface area (TPSA) is 32.7 Å². The molecule has 1 atom stereocenters. The monoisotopic (exact) mass is 189 g/mol. The lowest BCUT2D eigenvalue weighted by Gasteiger charge is -2.19. The van der Waals surface area contributed by atoms with Crippen LogP contribution in [0.1, 0.15) is 26.2 Å². The van der Waals surface area contributed by atoms with E-state index >= 15 is 0 Å². The van der Waals surface area contributed by atoms with Gasteiger partial charge in [0.25, 0.3) is 0 Å². The molecule has 0 aliphatic rings. The van der Waals surface area contributed by atoms with Gasteiger partial charge in [-0.05, 0) is 20.0 Å². The van der Waals surface area contributed by atoms with E-state index in [0.29, 0.717) is 13.2 Å². The minimum absolute atomic E-state index is 0.350. The summed E-state index contributed by atoms with van der Waals surface area (Å²) < 4.78 is 4.85. The third-order valence-corrected chi connectivity index (χ3v) is 2.02. The molecule has 0 bridgehead atoms. The molecule has 0 saturated carbocycles. The summed E-state index contributed by atoms with van der Waals surface area (Å²) >= 11 is 0. The molecule has 3 heteroatoms. The van der Waals surface area contributed by atoms with Crippen molar-refractivity contribution < 1.29 is 9.84 Å². The molecule has 0 aromatic heterocycles. The van der Waals surface area contributed by atoms with Gasteiger partial charge in [0.1, 0.15) is 0 Å². The average Bonchev–Trinajstić information content (AvgIpc) is 2.05. The van der Waals surface area contributed by atoms with Gasteiger partial charge in [-0.25, -0.2) is 0 Å². The van der Waals surface area contributed by atoms with E-state index < -0.39 is 0 Å². The second-order valence-electron chi connectivity index (χ2n) is 3.58. The van der Waals surface area contributed by atoms with Crippen LogP contribution >= 0.6 is 0 Å². The molecule has 1 unspecified atom stereocenters. The van der Waals surface area contributed by atoms with Crippen molar-refractivity contribution in [3.05, 3.63) is 0 Å². The highest BCUT2D eigenvalue weighted by atomic mass is 16.5. The molecule has 0 spiro atoms. The van der Waals surface area contributed by atoms with Crippen LogP contribution in [0.3, 0.4) is 0 Å². The third kappa shape index (κ3) is 8.22. The molecule has 0 radical (unpaired) electrons. The van der Waals surface area contributed by atoms with Crippen molar-refractivity contribution in [2.75, 3.05) is 33.9 Å². The Morgan fingerprint density at radius 1 is 1.38 bits per heavy atom. The van der Waals surface area contributed by atoms with Crippen molar-refractivity contribution in [1.82, 2.24) is 4.90 Å². The van der Waals surface area contributed by atoms with Gasteiger partial charge in [-0.1, -0.05) is 19.8 Å². The normalized spacial score (nSPS) is 13.6. The van der Waals surface area contributed by atoms with E-state index in [0.717, 1.165) is 6.54 Å². The molecule has 0 heterocycles. The molecular weight excluding hydrogens is 166 g/mol. The molecule has 0 amide bonds. The maximum Gasteiger partial charge on any atom is 0.0899 e. The fourth-order valence-electron chi connectivity index (χ4n) is 1.33. The van der Waals surface area contributed by atoms with E-state index in [-0.39, 0.29) is 6.10 Å². The number of rotatable bonds is 8. The Morgan fingerprint density at radius 3 is 2.62 bits per heavy atom. The van der Waals surface area contributed by atoms with Crippen molar-refractivity contribution in [3.8, 4) is 0 Å². The Kier molecular flexibility index (Phi) is 8.40. The van der Waals surface area contributed by atoms with E-state index in [2.05, 4.69) is 11.8 Å². The summed E-state index contributed by atoms with van der Waals surface area (Å²) in [6.45, 7) is 4.39. The van der Waals surface area contributed by atoms with Gasteiger partial charge >= 0.3 is 0 Å². The summed E-state index contributed by atoms with van der Waals surface area (Å²) in [6, 6.07) is 0. The zero-order chi connectivity index (χ0) is 10.1. The predicted octanol–water partition coefficient (Wildman–Crippen LogP) is 1.12. The molecular formula is C10H23NO2. The molecule has 0 aromatic carbocycles. The molecule has 3 nitrogen and oxygen atoms in total. The summed E-state index contributed by atoms with van der Waals surface area (Å²) in [6.07, 6.45) is 3.38. The number of hydrogen-bond acceptors (Lipinski definition) is 3. The lowest BCUT2D eigenvalue weighted by Crippen LogP contribution is -2.32. The number of aliphatic hydroxyl groups is 1. The van der Waals surface area contributed by atoms with Crippen molar-refractivity contribution >= 4 is 0 Å². The maximum atomic E-state index is 9.41. The number of aliphatic hydroxyl groups excluding tert-OH is 1. The number of unbranched alkanes of at least 4 members (excludes halogenated alkanes) is 2. The Labute approximate surface area is 81.7 Å².